The number of aromatic nitrogens is 2. The topological polar surface area (TPSA) is 51.0 Å². The molecule has 0 amide bonds. The second-order valence-electron chi connectivity index (χ2n) is 7.95. The van der Waals surface area contributed by atoms with Crippen molar-refractivity contribution in [3.63, 3.8) is 0 Å². The quantitative estimate of drug-likeness (QED) is 0.899. The number of piperidine rings is 1. The maximum absolute atomic E-state index is 5.55. The molecule has 1 aliphatic heterocycles. The lowest BCUT2D eigenvalue weighted by atomic mass is 9.70. The summed E-state index contributed by atoms with van der Waals surface area (Å²) in [6, 6.07) is 0. The lowest BCUT2D eigenvalue weighted by molar-refractivity contribution is 0.166. The molecule has 1 aliphatic carbocycles. The molecule has 0 aromatic carbocycles. The summed E-state index contributed by atoms with van der Waals surface area (Å²) >= 11 is 0. The Balaban J connectivity index is 1.60. The zero-order valence-corrected chi connectivity index (χ0v) is 13.7. The Morgan fingerprint density at radius 3 is 2.43 bits per heavy atom. The summed E-state index contributed by atoms with van der Waals surface area (Å²) in [6.45, 7) is 9.19. The zero-order valence-electron chi connectivity index (χ0n) is 13.7. The van der Waals surface area contributed by atoms with Crippen LogP contribution in [0.25, 0.3) is 0 Å². The van der Waals surface area contributed by atoms with Crippen LogP contribution in [0.2, 0.25) is 0 Å². The van der Waals surface area contributed by atoms with Gasteiger partial charge in [0.25, 0.3) is 0 Å². The van der Waals surface area contributed by atoms with Crippen LogP contribution in [-0.4, -0.2) is 23.2 Å². The van der Waals surface area contributed by atoms with Gasteiger partial charge in [-0.2, -0.15) is 4.98 Å². The maximum Gasteiger partial charge on any atom is 0.231 e. The molecule has 1 N–H and O–H groups in total. The van der Waals surface area contributed by atoms with E-state index in [-0.39, 0.29) is 0 Å². The lowest BCUT2D eigenvalue weighted by Gasteiger charge is -2.36. The zero-order chi connectivity index (χ0) is 14.9. The predicted molar refractivity (Wildman–Crippen MR) is 83.3 cm³/mol. The minimum Gasteiger partial charge on any atom is -0.339 e. The summed E-state index contributed by atoms with van der Waals surface area (Å²) in [5.41, 5.74) is 0.432. The highest BCUT2D eigenvalue weighted by Gasteiger charge is 2.32. The molecule has 0 radical (unpaired) electrons. The van der Waals surface area contributed by atoms with Crippen molar-refractivity contribution in [1.29, 1.82) is 0 Å². The van der Waals surface area contributed by atoms with Gasteiger partial charge in [0.2, 0.25) is 5.89 Å². The van der Waals surface area contributed by atoms with E-state index in [0.717, 1.165) is 30.7 Å². The van der Waals surface area contributed by atoms with Gasteiger partial charge in [0.1, 0.15) is 0 Å². The Kier molecular flexibility index (Phi) is 4.34. The molecule has 118 valence electrons. The van der Waals surface area contributed by atoms with Gasteiger partial charge in [-0.1, -0.05) is 25.9 Å². The lowest BCUT2D eigenvalue weighted by Crippen LogP contribution is -2.28. The highest BCUT2D eigenvalue weighted by atomic mass is 16.5. The number of nitrogens with zero attached hydrogens (tertiary/aromatic N) is 2. The van der Waals surface area contributed by atoms with E-state index in [9.17, 15) is 0 Å². The van der Waals surface area contributed by atoms with Gasteiger partial charge in [-0.05, 0) is 56.4 Å². The third-order valence-electron chi connectivity index (χ3n) is 5.42. The molecule has 4 nitrogen and oxygen atoms in total. The molecule has 0 spiro atoms. The first kappa shape index (κ1) is 15.0. The van der Waals surface area contributed by atoms with Crippen molar-refractivity contribution in [2.45, 2.75) is 71.1 Å². The highest BCUT2D eigenvalue weighted by Crippen LogP contribution is 2.42. The number of hydrogen-bond acceptors (Lipinski definition) is 4. The van der Waals surface area contributed by atoms with Crippen LogP contribution >= 0.6 is 0 Å². The minimum absolute atomic E-state index is 0.422. The minimum atomic E-state index is 0.422. The number of hydrogen-bond donors (Lipinski definition) is 1. The van der Waals surface area contributed by atoms with Crippen molar-refractivity contribution in [2.24, 2.45) is 11.3 Å². The Morgan fingerprint density at radius 1 is 1.05 bits per heavy atom. The normalized spacial score (nSPS) is 31.3. The van der Waals surface area contributed by atoms with Crippen molar-refractivity contribution in [3.8, 4) is 0 Å². The molecule has 2 heterocycles. The van der Waals surface area contributed by atoms with Gasteiger partial charge in [-0.3, -0.25) is 0 Å². The summed E-state index contributed by atoms with van der Waals surface area (Å²) in [6.07, 6.45) is 7.39. The molecule has 2 aliphatic rings. The van der Waals surface area contributed by atoms with E-state index in [1.54, 1.807) is 0 Å². The van der Waals surface area contributed by atoms with Crippen LogP contribution in [-0.2, 0) is 0 Å². The van der Waals surface area contributed by atoms with Crippen LogP contribution in [0, 0.1) is 11.3 Å². The van der Waals surface area contributed by atoms with E-state index in [1.165, 1.54) is 38.5 Å². The molecule has 2 fully saturated rings. The van der Waals surface area contributed by atoms with E-state index in [1.807, 2.05) is 0 Å². The van der Waals surface area contributed by atoms with Crippen LogP contribution in [0.5, 0.6) is 0 Å². The van der Waals surface area contributed by atoms with Crippen LogP contribution in [0.15, 0.2) is 4.52 Å². The molecule has 1 aromatic rings. The first-order chi connectivity index (χ1) is 10.0. The van der Waals surface area contributed by atoms with Gasteiger partial charge in [-0.15, -0.1) is 0 Å². The van der Waals surface area contributed by atoms with Crippen molar-refractivity contribution >= 4 is 0 Å². The van der Waals surface area contributed by atoms with Crippen molar-refractivity contribution in [2.75, 3.05) is 13.1 Å². The third-order valence-corrected chi connectivity index (χ3v) is 5.42. The SMILES string of the molecule is CC(C)(C)C1CCC(c2noc(C3CCCNC3)n2)CC1. The van der Waals surface area contributed by atoms with Crippen molar-refractivity contribution < 1.29 is 4.52 Å². The molecule has 1 atom stereocenters. The van der Waals surface area contributed by atoms with Gasteiger partial charge >= 0.3 is 0 Å². The Labute approximate surface area is 128 Å². The summed E-state index contributed by atoms with van der Waals surface area (Å²) < 4.78 is 5.55. The van der Waals surface area contributed by atoms with Crippen molar-refractivity contribution in [3.05, 3.63) is 11.7 Å². The van der Waals surface area contributed by atoms with E-state index in [2.05, 4.69) is 31.2 Å². The van der Waals surface area contributed by atoms with Crippen LogP contribution in [0.3, 0.4) is 0 Å². The molecule has 1 unspecified atom stereocenters. The standard InChI is InChI=1S/C17H29N3O/c1-17(2,3)14-8-6-12(7-9-14)15-19-16(21-20-15)13-5-4-10-18-11-13/h12-14,18H,4-11H2,1-3H3. The maximum atomic E-state index is 5.55. The molecular weight excluding hydrogens is 262 g/mol. The third kappa shape index (κ3) is 3.47. The summed E-state index contributed by atoms with van der Waals surface area (Å²) in [7, 11) is 0. The molecule has 1 saturated carbocycles. The molecule has 1 saturated heterocycles. The average Bonchev–Trinajstić information content (AvgIpc) is 2.97. The Hall–Kier alpha value is -0.900. The van der Waals surface area contributed by atoms with Crippen LogP contribution < -0.4 is 5.32 Å². The fourth-order valence-electron chi connectivity index (χ4n) is 3.86. The van der Waals surface area contributed by atoms with Gasteiger partial charge < -0.3 is 9.84 Å². The number of nitrogens with one attached hydrogen (secondary N) is 1. The molecule has 0 bridgehead atoms. The average molecular weight is 291 g/mol. The highest BCUT2D eigenvalue weighted by molar-refractivity contribution is 5.02. The summed E-state index contributed by atoms with van der Waals surface area (Å²) in [4.78, 5) is 4.73. The molecule has 3 rings (SSSR count). The fourth-order valence-corrected chi connectivity index (χ4v) is 3.86. The predicted octanol–water partition coefficient (Wildman–Crippen LogP) is 3.86. The number of rotatable bonds is 2. The van der Waals surface area contributed by atoms with E-state index >= 15 is 0 Å². The molecule has 21 heavy (non-hydrogen) atoms. The fraction of sp³-hybridized carbons (Fsp3) is 0.882. The molecule has 4 heteroatoms. The van der Waals surface area contributed by atoms with Gasteiger partial charge in [-0.25, -0.2) is 0 Å². The van der Waals surface area contributed by atoms with E-state index < -0.39 is 0 Å². The largest absolute Gasteiger partial charge is 0.339 e. The van der Waals surface area contributed by atoms with Gasteiger partial charge in [0.15, 0.2) is 5.82 Å². The van der Waals surface area contributed by atoms with Crippen molar-refractivity contribution in [1.82, 2.24) is 15.5 Å². The second-order valence-corrected chi connectivity index (χ2v) is 7.95. The summed E-state index contributed by atoms with van der Waals surface area (Å²) in [5.74, 6) is 3.59. The van der Waals surface area contributed by atoms with Gasteiger partial charge in [0.05, 0.1) is 5.92 Å². The Morgan fingerprint density at radius 2 is 1.81 bits per heavy atom. The second kappa shape index (κ2) is 6.07. The Bertz CT molecular complexity index is 449. The van der Waals surface area contributed by atoms with E-state index in [0.29, 0.717) is 17.3 Å². The summed E-state index contributed by atoms with van der Waals surface area (Å²) in [5, 5.41) is 7.71. The molecular formula is C17H29N3O. The first-order valence-corrected chi connectivity index (χ1v) is 8.58. The van der Waals surface area contributed by atoms with Crippen LogP contribution in [0.4, 0.5) is 0 Å². The first-order valence-electron chi connectivity index (χ1n) is 8.58. The smallest absolute Gasteiger partial charge is 0.231 e. The van der Waals surface area contributed by atoms with Crippen LogP contribution in [0.1, 0.15) is 82.8 Å². The van der Waals surface area contributed by atoms with E-state index in [4.69, 9.17) is 9.51 Å². The molecule has 1 aromatic heterocycles. The van der Waals surface area contributed by atoms with Gasteiger partial charge in [0, 0.05) is 12.5 Å². The monoisotopic (exact) mass is 291 g/mol.